The van der Waals surface area contributed by atoms with E-state index in [0.29, 0.717) is 19.7 Å². The molecular weight excluding hydrogens is 244 g/mol. The number of carbonyl (C=O) groups excluding carboxylic acids is 2. The van der Waals surface area contributed by atoms with Crippen LogP contribution in [0.3, 0.4) is 0 Å². The summed E-state index contributed by atoms with van der Waals surface area (Å²) in [5.41, 5.74) is -0.191. The van der Waals surface area contributed by atoms with Crippen LogP contribution < -0.4 is 5.32 Å². The second-order valence-electron chi connectivity index (χ2n) is 5.71. The highest BCUT2D eigenvalue weighted by atomic mass is 16.6. The molecule has 1 saturated heterocycles. The predicted molar refractivity (Wildman–Crippen MR) is 73.8 cm³/mol. The first kappa shape index (κ1) is 15.8. The van der Waals surface area contributed by atoms with Crippen molar-refractivity contribution in [2.75, 3.05) is 19.7 Å². The molecule has 1 heterocycles. The van der Waals surface area contributed by atoms with Crippen molar-refractivity contribution < 1.29 is 14.3 Å². The fraction of sp³-hybridized carbons (Fsp3) is 0.857. The van der Waals surface area contributed by atoms with Gasteiger partial charge in [-0.2, -0.15) is 0 Å². The number of rotatable bonds is 4. The minimum Gasteiger partial charge on any atom is -0.450 e. The van der Waals surface area contributed by atoms with Gasteiger partial charge in [0.25, 0.3) is 0 Å². The Kier molecular flexibility index (Phi) is 5.63. The van der Waals surface area contributed by atoms with E-state index in [0.717, 1.165) is 19.3 Å². The van der Waals surface area contributed by atoms with Gasteiger partial charge in [0.05, 0.1) is 12.5 Å². The van der Waals surface area contributed by atoms with Crippen LogP contribution in [0.4, 0.5) is 4.79 Å². The number of nitrogens with zero attached hydrogens (tertiary/aromatic N) is 1. The summed E-state index contributed by atoms with van der Waals surface area (Å²) in [6.45, 7) is 9.37. The summed E-state index contributed by atoms with van der Waals surface area (Å²) in [6, 6.07) is 0. The average molecular weight is 270 g/mol. The van der Waals surface area contributed by atoms with E-state index in [2.05, 4.69) is 5.32 Å². The number of amides is 2. The van der Waals surface area contributed by atoms with E-state index in [9.17, 15) is 9.59 Å². The molecule has 0 bridgehead atoms. The first-order valence-corrected chi connectivity index (χ1v) is 7.13. The maximum absolute atomic E-state index is 12.2. The van der Waals surface area contributed by atoms with Gasteiger partial charge in [-0.05, 0) is 40.0 Å². The SMILES string of the molecule is CCOC(=O)N1CCCC(C(=O)NC(C)(C)CC)C1. The van der Waals surface area contributed by atoms with Gasteiger partial charge >= 0.3 is 6.09 Å². The quantitative estimate of drug-likeness (QED) is 0.851. The molecule has 0 saturated carbocycles. The molecule has 2 amide bonds. The molecule has 0 spiro atoms. The van der Waals surface area contributed by atoms with Crippen LogP contribution >= 0.6 is 0 Å². The summed E-state index contributed by atoms with van der Waals surface area (Å²) in [4.78, 5) is 25.5. The van der Waals surface area contributed by atoms with E-state index in [4.69, 9.17) is 4.74 Å². The van der Waals surface area contributed by atoms with E-state index in [1.54, 1.807) is 11.8 Å². The summed E-state index contributed by atoms with van der Waals surface area (Å²) in [5, 5.41) is 3.05. The zero-order valence-corrected chi connectivity index (χ0v) is 12.5. The highest BCUT2D eigenvalue weighted by Gasteiger charge is 2.31. The third kappa shape index (κ3) is 4.73. The number of ether oxygens (including phenoxy) is 1. The molecule has 0 aliphatic carbocycles. The second-order valence-corrected chi connectivity index (χ2v) is 5.71. The topological polar surface area (TPSA) is 58.6 Å². The van der Waals surface area contributed by atoms with Crippen molar-refractivity contribution in [1.82, 2.24) is 10.2 Å². The normalized spacial score (nSPS) is 20.0. The third-order valence-corrected chi connectivity index (χ3v) is 3.66. The van der Waals surface area contributed by atoms with Crippen molar-refractivity contribution >= 4 is 12.0 Å². The molecule has 0 aromatic rings. The molecule has 1 rings (SSSR count). The van der Waals surface area contributed by atoms with E-state index < -0.39 is 0 Å². The molecule has 1 aliphatic rings. The Balaban J connectivity index is 2.54. The number of nitrogens with one attached hydrogen (secondary N) is 1. The maximum Gasteiger partial charge on any atom is 0.409 e. The third-order valence-electron chi connectivity index (χ3n) is 3.66. The first-order chi connectivity index (χ1) is 8.89. The lowest BCUT2D eigenvalue weighted by Crippen LogP contribution is -2.50. The fourth-order valence-corrected chi connectivity index (χ4v) is 2.10. The van der Waals surface area contributed by atoms with Crippen LogP contribution in [-0.4, -0.2) is 42.1 Å². The highest BCUT2D eigenvalue weighted by molar-refractivity contribution is 5.80. The Morgan fingerprint density at radius 3 is 2.63 bits per heavy atom. The van der Waals surface area contributed by atoms with Gasteiger partial charge in [0.15, 0.2) is 0 Å². The van der Waals surface area contributed by atoms with Crippen molar-refractivity contribution in [3.8, 4) is 0 Å². The number of hydrogen-bond acceptors (Lipinski definition) is 3. The van der Waals surface area contributed by atoms with Gasteiger partial charge in [0.2, 0.25) is 5.91 Å². The molecule has 0 aromatic carbocycles. The number of likely N-dealkylation sites (tertiary alicyclic amines) is 1. The van der Waals surface area contributed by atoms with Crippen LogP contribution in [0, 0.1) is 5.92 Å². The van der Waals surface area contributed by atoms with Gasteiger partial charge in [-0.15, -0.1) is 0 Å². The Labute approximate surface area is 115 Å². The number of carbonyl (C=O) groups is 2. The van der Waals surface area contributed by atoms with E-state index >= 15 is 0 Å². The minimum atomic E-state index is -0.310. The number of piperidine rings is 1. The molecule has 110 valence electrons. The monoisotopic (exact) mass is 270 g/mol. The van der Waals surface area contributed by atoms with Crippen molar-refractivity contribution in [1.29, 1.82) is 0 Å². The van der Waals surface area contributed by atoms with Gasteiger partial charge in [0.1, 0.15) is 0 Å². The molecule has 19 heavy (non-hydrogen) atoms. The van der Waals surface area contributed by atoms with Crippen molar-refractivity contribution in [3.63, 3.8) is 0 Å². The van der Waals surface area contributed by atoms with E-state index in [1.165, 1.54) is 0 Å². The molecule has 1 aliphatic heterocycles. The Bertz CT molecular complexity index is 329. The minimum absolute atomic E-state index is 0.0425. The van der Waals surface area contributed by atoms with Crippen LogP contribution in [0.25, 0.3) is 0 Å². The Hall–Kier alpha value is -1.26. The lowest BCUT2D eigenvalue weighted by Gasteiger charge is -2.33. The highest BCUT2D eigenvalue weighted by Crippen LogP contribution is 2.19. The van der Waals surface area contributed by atoms with Gasteiger partial charge in [0, 0.05) is 18.6 Å². The second kappa shape index (κ2) is 6.78. The Morgan fingerprint density at radius 2 is 2.05 bits per heavy atom. The standard InChI is InChI=1S/C14H26N2O3/c1-5-14(3,4)15-12(17)11-8-7-9-16(10-11)13(18)19-6-2/h11H,5-10H2,1-4H3,(H,15,17). The van der Waals surface area contributed by atoms with Gasteiger partial charge in [-0.25, -0.2) is 4.79 Å². The fourth-order valence-electron chi connectivity index (χ4n) is 2.10. The maximum atomic E-state index is 12.2. The average Bonchev–Trinajstić information content (AvgIpc) is 2.38. The summed E-state index contributed by atoms with van der Waals surface area (Å²) < 4.78 is 4.99. The molecule has 5 nitrogen and oxygen atoms in total. The van der Waals surface area contributed by atoms with Crippen LogP contribution in [0.1, 0.15) is 47.0 Å². The molecule has 5 heteroatoms. The van der Waals surface area contributed by atoms with E-state index in [-0.39, 0.29) is 23.5 Å². The van der Waals surface area contributed by atoms with Gasteiger partial charge < -0.3 is 15.0 Å². The largest absolute Gasteiger partial charge is 0.450 e. The van der Waals surface area contributed by atoms with Gasteiger partial charge in [-0.1, -0.05) is 6.92 Å². The molecule has 1 fully saturated rings. The van der Waals surface area contributed by atoms with Crippen LogP contribution in [0.2, 0.25) is 0 Å². The summed E-state index contributed by atoms with van der Waals surface area (Å²) in [7, 11) is 0. The van der Waals surface area contributed by atoms with Gasteiger partial charge in [-0.3, -0.25) is 4.79 Å². The van der Waals surface area contributed by atoms with E-state index in [1.807, 2.05) is 20.8 Å². The summed E-state index contributed by atoms with van der Waals surface area (Å²) in [6.07, 6.45) is 2.26. The van der Waals surface area contributed by atoms with Crippen LogP contribution in [-0.2, 0) is 9.53 Å². The zero-order chi connectivity index (χ0) is 14.5. The number of hydrogen-bond donors (Lipinski definition) is 1. The Morgan fingerprint density at radius 1 is 1.37 bits per heavy atom. The van der Waals surface area contributed by atoms with Crippen LogP contribution in [0.15, 0.2) is 0 Å². The molecule has 1 N–H and O–H groups in total. The molecule has 1 atom stereocenters. The smallest absolute Gasteiger partial charge is 0.409 e. The molecule has 1 unspecified atom stereocenters. The van der Waals surface area contributed by atoms with Crippen molar-refractivity contribution in [2.24, 2.45) is 5.92 Å². The summed E-state index contributed by atoms with van der Waals surface area (Å²) >= 11 is 0. The van der Waals surface area contributed by atoms with Crippen molar-refractivity contribution in [3.05, 3.63) is 0 Å². The molecule has 0 aromatic heterocycles. The predicted octanol–water partition coefficient (Wildman–Crippen LogP) is 2.16. The lowest BCUT2D eigenvalue weighted by atomic mass is 9.94. The first-order valence-electron chi connectivity index (χ1n) is 7.13. The summed E-state index contributed by atoms with van der Waals surface area (Å²) in [5.74, 6) is -0.0789. The molecular formula is C14H26N2O3. The zero-order valence-electron chi connectivity index (χ0n) is 12.5. The van der Waals surface area contributed by atoms with Crippen LogP contribution in [0.5, 0.6) is 0 Å². The van der Waals surface area contributed by atoms with Crippen molar-refractivity contribution in [2.45, 2.75) is 52.5 Å². The molecule has 0 radical (unpaired) electrons. The lowest BCUT2D eigenvalue weighted by molar-refractivity contribution is -0.128.